The van der Waals surface area contributed by atoms with Crippen LogP contribution in [0.2, 0.25) is 0 Å². The second-order valence-electron chi connectivity index (χ2n) is 16.3. The van der Waals surface area contributed by atoms with Crippen molar-refractivity contribution in [2.45, 2.75) is 91.4 Å². The fourth-order valence-corrected chi connectivity index (χ4v) is 8.06. The molecule has 3 heterocycles. The number of aliphatic hydroxyl groups excluding tert-OH is 1. The van der Waals surface area contributed by atoms with E-state index in [1.165, 1.54) is 11.3 Å². The van der Waals surface area contributed by atoms with Crippen molar-refractivity contribution in [2.24, 2.45) is 11.3 Å². The lowest BCUT2D eigenvalue weighted by molar-refractivity contribution is -0.132. The van der Waals surface area contributed by atoms with Crippen LogP contribution in [0.4, 0.5) is 9.59 Å². The molecule has 0 aliphatic carbocycles. The van der Waals surface area contributed by atoms with Crippen LogP contribution < -0.4 is 16.1 Å². The number of aromatic nitrogens is 2. The lowest BCUT2D eigenvalue weighted by atomic mass is 9.84. The monoisotopic (exact) mass is 842 g/mol. The third-order valence-corrected chi connectivity index (χ3v) is 11.4. The Balaban J connectivity index is 1.40. The van der Waals surface area contributed by atoms with Gasteiger partial charge in [-0.2, -0.15) is 0 Å². The molecule has 2 aromatic carbocycles. The summed E-state index contributed by atoms with van der Waals surface area (Å²) in [5.74, 6) is -1.33. The minimum absolute atomic E-state index is 0.138. The highest BCUT2D eigenvalue weighted by molar-refractivity contribution is 7.09. The molecule has 0 saturated carbocycles. The molecule has 0 spiro atoms. The van der Waals surface area contributed by atoms with E-state index in [4.69, 9.17) is 4.74 Å². The number of hydrazine groups is 1. The summed E-state index contributed by atoms with van der Waals surface area (Å²) in [5, 5.41) is 31.4. The molecule has 15 nitrogen and oxygen atoms in total. The van der Waals surface area contributed by atoms with E-state index in [2.05, 4.69) is 26.0 Å². The zero-order valence-corrected chi connectivity index (χ0v) is 36.0. The van der Waals surface area contributed by atoms with Crippen LogP contribution in [0, 0.1) is 11.3 Å². The van der Waals surface area contributed by atoms with Crippen molar-refractivity contribution in [3.8, 4) is 11.3 Å². The van der Waals surface area contributed by atoms with Crippen LogP contribution in [0.25, 0.3) is 11.3 Å². The molecule has 2 aromatic heterocycles. The molecule has 4 aromatic rings. The second kappa shape index (κ2) is 21.2. The third kappa shape index (κ3) is 12.5. The van der Waals surface area contributed by atoms with E-state index >= 15 is 0 Å². The van der Waals surface area contributed by atoms with Gasteiger partial charge in [0.05, 0.1) is 36.7 Å². The Labute approximate surface area is 356 Å². The van der Waals surface area contributed by atoms with E-state index < -0.39 is 47.6 Å². The summed E-state index contributed by atoms with van der Waals surface area (Å²) in [5.41, 5.74) is 6.30. The normalized spacial score (nSPS) is 15.6. The number of nitrogens with zero attached hydrogens (tertiary/aromatic N) is 5. The minimum Gasteiger partial charge on any atom is -0.465 e. The molecule has 0 radical (unpaired) electrons. The van der Waals surface area contributed by atoms with Crippen molar-refractivity contribution in [1.29, 1.82) is 0 Å². The smallest absolute Gasteiger partial charge is 0.405 e. The lowest BCUT2D eigenvalue weighted by Crippen LogP contribution is -2.60. The molecule has 5 rings (SSSR count). The molecule has 1 fully saturated rings. The summed E-state index contributed by atoms with van der Waals surface area (Å²) >= 11 is 1.47. The Hall–Kier alpha value is -5.42. The molecular weight excluding hydrogens is 785 g/mol. The highest BCUT2D eigenvalue weighted by Crippen LogP contribution is 2.29. The van der Waals surface area contributed by atoms with Gasteiger partial charge >= 0.3 is 12.1 Å². The fraction of sp³-hybridized carbons (Fsp3) is 0.455. The number of pyridine rings is 1. The van der Waals surface area contributed by atoms with Gasteiger partial charge < -0.3 is 35.4 Å². The molecule has 16 heteroatoms. The molecule has 5 atom stereocenters. The van der Waals surface area contributed by atoms with Crippen LogP contribution >= 0.6 is 11.3 Å². The molecule has 5 N–H and O–H groups in total. The number of aliphatic hydroxyl groups is 1. The van der Waals surface area contributed by atoms with Gasteiger partial charge in [-0.15, -0.1) is 11.3 Å². The summed E-state index contributed by atoms with van der Waals surface area (Å²) in [7, 11) is 1.61. The maximum atomic E-state index is 14.6. The van der Waals surface area contributed by atoms with E-state index in [0.717, 1.165) is 33.1 Å². The van der Waals surface area contributed by atoms with Crippen LogP contribution in [0.3, 0.4) is 0 Å². The number of thiazole rings is 1. The molecule has 1 aliphatic heterocycles. The maximum absolute atomic E-state index is 14.6. The van der Waals surface area contributed by atoms with E-state index in [1.54, 1.807) is 35.0 Å². The van der Waals surface area contributed by atoms with E-state index in [0.29, 0.717) is 32.7 Å². The summed E-state index contributed by atoms with van der Waals surface area (Å²) in [6, 6.07) is 19.7. The first-order valence-electron chi connectivity index (χ1n) is 20.2. The Morgan fingerprint density at radius 3 is 2.32 bits per heavy atom. The summed E-state index contributed by atoms with van der Waals surface area (Å²) < 4.78 is 5.20. The number of methoxy groups -OCH3 is 1. The first-order chi connectivity index (χ1) is 28.7. The van der Waals surface area contributed by atoms with Gasteiger partial charge in [0.1, 0.15) is 17.1 Å². The zero-order chi connectivity index (χ0) is 43.4. The van der Waals surface area contributed by atoms with Crippen LogP contribution in [0.1, 0.15) is 62.9 Å². The number of hydrogen-bond donors (Lipinski definition) is 5. The second-order valence-corrected chi connectivity index (χ2v) is 17.2. The number of carboxylic acid groups (broad SMARTS) is 1. The average molecular weight is 843 g/mol. The van der Waals surface area contributed by atoms with Gasteiger partial charge in [0.15, 0.2) is 0 Å². The van der Waals surface area contributed by atoms with Crippen LogP contribution in [-0.4, -0.2) is 110 Å². The van der Waals surface area contributed by atoms with Gasteiger partial charge in [-0.3, -0.25) is 20.0 Å². The quantitative estimate of drug-likeness (QED) is 0.0730. The average Bonchev–Trinajstić information content (AvgIpc) is 3.81. The third-order valence-electron chi connectivity index (χ3n) is 10.6. The molecule has 322 valence electrons. The number of amides is 5. The van der Waals surface area contributed by atoms with Gasteiger partial charge in [-0.05, 0) is 41.0 Å². The Morgan fingerprint density at radius 2 is 1.68 bits per heavy atom. The highest BCUT2D eigenvalue weighted by atomic mass is 32.1. The number of carbonyl (C=O) groups excluding carboxylic acids is 3. The van der Waals surface area contributed by atoms with Gasteiger partial charge in [-0.1, -0.05) is 102 Å². The summed E-state index contributed by atoms with van der Waals surface area (Å²) in [4.78, 5) is 66.3. The van der Waals surface area contributed by atoms with Crippen LogP contribution in [0.15, 0.2) is 84.4 Å². The van der Waals surface area contributed by atoms with Gasteiger partial charge in [-0.25, -0.2) is 19.6 Å². The Bertz CT molecular complexity index is 2010. The number of nitrogens with one attached hydrogen (secondary N) is 3. The van der Waals surface area contributed by atoms with Gasteiger partial charge in [0, 0.05) is 50.4 Å². The topological polar surface area (TPSA) is 190 Å². The number of hydrogen-bond acceptors (Lipinski definition) is 10. The van der Waals surface area contributed by atoms with E-state index in [9.17, 15) is 29.4 Å². The number of carbonyl (C=O) groups is 4. The van der Waals surface area contributed by atoms with Crippen LogP contribution in [-0.2, 0) is 40.4 Å². The fourth-order valence-electron chi connectivity index (χ4n) is 7.31. The number of benzene rings is 2. The van der Waals surface area contributed by atoms with E-state index in [-0.39, 0.29) is 31.5 Å². The molecule has 1 aliphatic rings. The first-order valence-corrected chi connectivity index (χ1v) is 21.1. The predicted octanol–water partition coefficient (Wildman–Crippen LogP) is 5.31. The first kappa shape index (κ1) is 45.7. The largest absolute Gasteiger partial charge is 0.465 e. The van der Waals surface area contributed by atoms with Gasteiger partial charge in [0.2, 0.25) is 5.91 Å². The lowest BCUT2D eigenvalue weighted by Gasteiger charge is -2.38. The van der Waals surface area contributed by atoms with Crippen molar-refractivity contribution < 1.29 is 34.1 Å². The van der Waals surface area contributed by atoms with Gasteiger partial charge in [0.25, 0.3) is 5.91 Å². The SMILES string of the molecule is CC[C@H](C)[C@H](NC(=O)O)C(=O)NN(Cc1ccc(-c2ccccn2)cc1)C[C@H](O)[C@H](Cc1ccccc1)NC(=O)[C@@H](N1CCN(Cc2csc(COC)n2)C1=O)C(C)(C)C. The Kier molecular flexibility index (Phi) is 16.1. The van der Waals surface area contributed by atoms with E-state index in [1.807, 2.05) is 106 Å². The van der Waals surface area contributed by atoms with Crippen molar-refractivity contribution in [3.63, 3.8) is 0 Å². The standard InChI is InChI=1S/C44H58N8O7S/c1-7-29(2)38(48-42(56)57)40(54)49-51(24-31-16-18-32(19-17-31)34-15-11-12-20-45-34)26-36(53)35(23-30-13-9-8-10-14-30)47-41(55)39(44(3,4)5)52-22-21-50(43(52)58)25-33-28-60-37(46-33)27-59-6/h8-20,28-29,35-36,38-39,48,53H,7,21-27H2,1-6H3,(H,47,55)(H,49,54)(H,56,57)/t29-,35-,36-,38-,39+/m0/s1. The van der Waals surface area contributed by atoms with Crippen molar-refractivity contribution in [1.82, 2.24) is 40.8 Å². The number of ether oxygens (including phenoxy) is 1. The number of rotatable bonds is 20. The summed E-state index contributed by atoms with van der Waals surface area (Å²) in [6.45, 7) is 10.8. The predicted molar refractivity (Wildman–Crippen MR) is 229 cm³/mol. The van der Waals surface area contributed by atoms with Crippen molar-refractivity contribution >= 4 is 35.3 Å². The number of urea groups is 1. The highest BCUT2D eigenvalue weighted by Gasteiger charge is 2.44. The van der Waals surface area contributed by atoms with Crippen molar-refractivity contribution in [3.05, 3.63) is 106 Å². The molecule has 0 unspecified atom stereocenters. The maximum Gasteiger partial charge on any atom is 0.405 e. The molecule has 0 bridgehead atoms. The molecule has 5 amide bonds. The summed E-state index contributed by atoms with van der Waals surface area (Å²) in [6.07, 6.45) is -0.0718. The Morgan fingerprint density at radius 1 is 0.967 bits per heavy atom. The molecule has 1 saturated heterocycles. The molecule has 60 heavy (non-hydrogen) atoms. The minimum atomic E-state index is -1.33. The van der Waals surface area contributed by atoms with Crippen molar-refractivity contribution in [2.75, 3.05) is 26.7 Å². The zero-order valence-electron chi connectivity index (χ0n) is 35.2. The molecular formula is C44H58N8O7S. The van der Waals surface area contributed by atoms with Crippen LogP contribution in [0.5, 0.6) is 0 Å².